The lowest BCUT2D eigenvalue weighted by Crippen LogP contribution is -2.44. The van der Waals surface area contributed by atoms with Gasteiger partial charge in [0.05, 0.1) is 6.61 Å². The third-order valence-corrected chi connectivity index (χ3v) is 9.82. The van der Waals surface area contributed by atoms with Crippen molar-refractivity contribution in [2.45, 2.75) is 205 Å². The fraction of sp³-hybridized carbons (Fsp3) is 0.897. The molecule has 0 aliphatic rings. The van der Waals surface area contributed by atoms with E-state index in [4.69, 9.17) is 14.6 Å². The molecule has 0 aromatic heterocycles. The molecule has 0 saturated heterocycles. The number of allylic oxidation sites excluding steroid dienone is 4. The summed E-state index contributed by atoms with van der Waals surface area (Å²) in [5.41, 5.74) is -1.32. The number of nitrogens with two attached hydrogens (primary N) is 1. The van der Waals surface area contributed by atoms with Gasteiger partial charge in [-0.1, -0.05) is 154 Å². The highest BCUT2D eigenvalue weighted by Crippen LogP contribution is 2.15. The zero-order valence-electron chi connectivity index (χ0n) is 30.5. The lowest BCUT2D eigenvalue weighted by molar-refractivity contribution is -0.0618. The Morgan fingerprint density at radius 1 is 0.500 bits per heavy atom. The van der Waals surface area contributed by atoms with Gasteiger partial charge in [-0.25, -0.2) is 13.6 Å². The molecule has 0 rings (SSSR count). The minimum atomic E-state index is -3.99. The minimum absolute atomic E-state index is 0.302. The summed E-state index contributed by atoms with van der Waals surface area (Å²) in [7, 11) is -3.99. The Balaban J connectivity index is 3.81. The summed E-state index contributed by atoms with van der Waals surface area (Å²) in [5.74, 6) is 0. The van der Waals surface area contributed by atoms with E-state index in [0.717, 1.165) is 44.9 Å². The average Bonchev–Trinajstić information content (AvgIpc) is 3.03. The number of sulfonamides is 1. The fourth-order valence-electron chi connectivity index (χ4n) is 5.76. The van der Waals surface area contributed by atoms with Crippen LogP contribution in [0.25, 0.3) is 0 Å². The average molecular weight is 672 g/mol. The molecule has 0 aliphatic carbocycles. The van der Waals surface area contributed by atoms with Gasteiger partial charge in [0.1, 0.15) is 6.10 Å². The third kappa shape index (κ3) is 31.8. The molecule has 0 bridgehead atoms. The van der Waals surface area contributed by atoms with Crippen LogP contribution < -0.4 is 5.14 Å². The van der Waals surface area contributed by atoms with Crippen LogP contribution in [0.3, 0.4) is 0 Å². The first-order valence-corrected chi connectivity index (χ1v) is 21.2. The summed E-state index contributed by atoms with van der Waals surface area (Å²) >= 11 is 0. The van der Waals surface area contributed by atoms with Crippen molar-refractivity contribution in [2.24, 2.45) is 5.14 Å². The Hall–Kier alpha value is -0.730. The van der Waals surface area contributed by atoms with Crippen LogP contribution in [-0.4, -0.2) is 44.9 Å². The molecule has 0 saturated carbocycles. The molecule has 0 fully saturated rings. The molecule has 3 N–H and O–H groups in total. The highest BCUT2D eigenvalue weighted by molar-refractivity contribution is 7.89. The van der Waals surface area contributed by atoms with E-state index in [0.29, 0.717) is 13.2 Å². The number of rotatable bonds is 37. The maximum Gasteiger partial charge on any atom is 0.239 e. The van der Waals surface area contributed by atoms with Gasteiger partial charge in [0.15, 0.2) is 0 Å². The zero-order valence-corrected chi connectivity index (χ0v) is 31.3. The van der Waals surface area contributed by atoms with Gasteiger partial charge in [-0.15, -0.1) is 0 Å². The summed E-state index contributed by atoms with van der Waals surface area (Å²) in [4.78, 5) is 0. The molecule has 2 atom stereocenters. The van der Waals surface area contributed by atoms with Crippen molar-refractivity contribution in [1.29, 1.82) is 0 Å². The van der Waals surface area contributed by atoms with Gasteiger partial charge in [-0.3, -0.25) is 0 Å². The van der Waals surface area contributed by atoms with E-state index >= 15 is 0 Å². The predicted octanol–water partition coefficient (Wildman–Crippen LogP) is 11.1. The first-order valence-electron chi connectivity index (χ1n) is 19.6. The Bertz CT molecular complexity index is 770. The molecule has 0 heterocycles. The van der Waals surface area contributed by atoms with Crippen molar-refractivity contribution < 1.29 is 23.0 Å². The molecule has 274 valence electrons. The molecular weight excluding hydrogens is 594 g/mol. The number of aliphatic hydroxyl groups is 1. The number of hydrogen-bond acceptors (Lipinski definition) is 5. The normalized spacial score (nSPS) is 13.7. The van der Waals surface area contributed by atoms with Crippen molar-refractivity contribution in [3.8, 4) is 0 Å². The molecule has 2 unspecified atom stereocenters. The van der Waals surface area contributed by atoms with Crippen LogP contribution in [0, 0.1) is 0 Å². The van der Waals surface area contributed by atoms with Crippen LogP contribution in [0.2, 0.25) is 0 Å². The summed E-state index contributed by atoms with van der Waals surface area (Å²) in [6.07, 6.45) is 42.6. The van der Waals surface area contributed by atoms with Crippen LogP contribution in [0.1, 0.15) is 194 Å². The maximum absolute atomic E-state index is 12.2. The van der Waals surface area contributed by atoms with Gasteiger partial charge in [0.2, 0.25) is 15.5 Å². The van der Waals surface area contributed by atoms with Crippen molar-refractivity contribution in [1.82, 2.24) is 0 Å². The zero-order chi connectivity index (χ0) is 33.8. The Labute approximate surface area is 286 Å². The summed E-state index contributed by atoms with van der Waals surface area (Å²) < 4.78 is 35.7. The van der Waals surface area contributed by atoms with Crippen molar-refractivity contribution in [2.75, 3.05) is 19.8 Å². The topological polar surface area (TPSA) is 98.8 Å². The number of primary sulfonamides is 1. The molecule has 0 aromatic carbocycles. The Morgan fingerprint density at radius 2 is 0.804 bits per heavy atom. The van der Waals surface area contributed by atoms with Crippen LogP contribution in [0.5, 0.6) is 0 Å². The second-order valence-corrected chi connectivity index (χ2v) is 14.9. The number of unbranched alkanes of at least 4 members (excludes halogenated alkanes) is 24. The first kappa shape index (κ1) is 45.3. The molecular formula is C39H77NO5S. The monoisotopic (exact) mass is 672 g/mol. The van der Waals surface area contributed by atoms with Crippen molar-refractivity contribution in [3.05, 3.63) is 24.3 Å². The summed E-state index contributed by atoms with van der Waals surface area (Å²) in [6, 6.07) is 0. The van der Waals surface area contributed by atoms with Crippen molar-refractivity contribution in [3.63, 3.8) is 0 Å². The van der Waals surface area contributed by atoms with E-state index in [1.165, 1.54) is 135 Å². The molecule has 0 radical (unpaired) electrons. The van der Waals surface area contributed by atoms with Crippen LogP contribution >= 0.6 is 0 Å². The summed E-state index contributed by atoms with van der Waals surface area (Å²) in [6.45, 7) is 4.79. The highest BCUT2D eigenvalue weighted by atomic mass is 32.2. The molecule has 0 aromatic rings. The van der Waals surface area contributed by atoms with Gasteiger partial charge in [-0.05, 0) is 64.2 Å². The minimum Gasteiger partial charge on any atom is -0.394 e. The van der Waals surface area contributed by atoms with Gasteiger partial charge < -0.3 is 14.6 Å². The number of ether oxygens (including phenoxy) is 2. The van der Waals surface area contributed by atoms with E-state index in [1.54, 1.807) is 0 Å². The quantitative estimate of drug-likeness (QED) is 0.0506. The summed E-state index contributed by atoms with van der Waals surface area (Å²) in [5, 5.41) is 15.2. The largest absolute Gasteiger partial charge is 0.394 e. The maximum atomic E-state index is 12.2. The molecule has 46 heavy (non-hydrogen) atoms. The van der Waals surface area contributed by atoms with Gasteiger partial charge >= 0.3 is 0 Å². The molecule has 0 spiro atoms. The fourth-order valence-corrected chi connectivity index (χ4v) is 6.64. The van der Waals surface area contributed by atoms with E-state index in [1.807, 2.05) is 0 Å². The third-order valence-electron chi connectivity index (χ3n) is 8.73. The first-order chi connectivity index (χ1) is 22.5. The number of hydrogen-bond donors (Lipinski definition) is 2. The smallest absolute Gasteiger partial charge is 0.239 e. The van der Waals surface area contributed by atoms with Gasteiger partial charge in [0, 0.05) is 13.2 Å². The molecule has 0 aliphatic heterocycles. The second-order valence-electron chi connectivity index (χ2n) is 13.3. The van der Waals surface area contributed by atoms with E-state index in [2.05, 4.69) is 38.2 Å². The Kier molecular flexibility index (Phi) is 35.0. The van der Waals surface area contributed by atoms with Gasteiger partial charge in [-0.2, -0.15) is 0 Å². The van der Waals surface area contributed by atoms with E-state index in [9.17, 15) is 13.5 Å². The van der Waals surface area contributed by atoms with E-state index in [-0.39, 0.29) is 0 Å². The lowest BCUT2D eigenvalue weighted by atomic mass is 10.1. The standard InChI is InChI=1S/C39H77NO5S/c1-3-5-7-9-11-13-15-17-19-21-23-25-27-29-31-33-35-44-38(37-41)39(46(40,42)43)45-36-34-32-30-28-26-24-22-20-18-16-14-12-10-8-6-4-2/h17-20,38-39,41H,3-16,21-37H2,1-2H3,(H2,40,42,43)/b19-17-,20-18-. The lowest BCUT2D eigenvalue weighted by Gasteiger charge is -2.24. The molecule has 0 amide bonds. The Morgan fingerprint density at radius 3 is 1.13 bits per heavy atom. The predicted molar refractivity (Wildman–Crippen MR) is 199 cm³/mol. The van der Waals surface area contributed by atoms with Crippen LogP contribution in [0.4, 0.5) is 0 Å². The van der Waals surface area contributed by atoms with E-state index < -0.39 is 28.2 Å². The van der Waals surface area contributed by atoms with Gasteiger partial charge in [0.25, 0.3) is 0 Å². The van der Waals surface area contributed by atoms with Crippen LogP contribution in [-0.2, 0) is 19.5 Å². The molecule has 7 heteroatoms. The molecule has 6 nitrogen and oxygen atoms in total. The van der Waals surface area contributed by atoms with Crippen molar-refractivity contribution >= 4 is 10.0 Å². The van der Waals surface area contributed by atoms with Crippen LogP contribution in [0.15, 0.2) is 24.3 Å². The number of aliphatic hydroxyl groups excluding tert-OH is 1. The second kappa shape index (κ2) is 35.6. The SMILES string of the molecule is CCCCCCCC/C=C\CCCCCCCCOC(CO)C(OCCCCCCCC/C=C\CCCCCCCC)S(N)(=O)=O. The highest BCUT2D eigenvalue weighted by Gasteiger charge is 2.32.